The van der Waals surface area contributed by atoms with Gasteiger partial charge in [0.15, 0.2) is 0 Å². The molecule has 0 aromatic rings. The van der Waals surface area contributed by atoms with Crippen molar-refractivity contribution in [3.8, 4) is 0 Å². The number of fused-ring (bicyclic) bond motifs is 2. The van der Waals surface area contributed by atoms with Gasteiger partial charge in [-0.25, -0.2) is 0 Å². The number of methoxy groups -OCH3 is 1. The van der Waals surface area contributed by atoms with E-state index in [-0.39, 0.29) is 17.6 Å². The predicted molar refractivity (Wildman–Crippen MR) is 136 cm³/mol. The molecular formula is C30H48O3. The molecule has 3 heteroatoms. The van der Waals surface area contributed by atoms with Crippen LogP contribution in [0.25, 0.3) is 0 Å². The number of ether oxygens (including phenoxy) is 2. The van der Waals surface area contributed by atoms with Crippen LogP contribution >= 0.6 is 0 Å². The van der Waals surface area contributed by atoms with E-state index in [9.17, 15) is 5.11 Å². The Labute approximate surface area is 202 Å². The van der Waals surface area contributed by atoms with Crippen molar-refractivity contribution in [2.24, 2.45) is 40.4 Å². The number of aliphatic hydroxyl groups excluding tert-OH is 1. The largest absolute Gasteiger partial charge is 0.396 e. The third-order valence-corrected chi connectivity index (χ3v) is 10.2. The van der Waals surface area contributed by atoms with E-state index in [1.165, 1.54) is 56.9 Å². The number of rotatable bonds is 10. The van der Waals surface area contributed by atoms with E-state index in [1.807, 2.05) is 0 Å². The van der Waals surface area contributed by atoms with Gasteiger partial charge in [0.25, 0.3) is 0 Å². The molecule has 7 atom stereocenters. The average Bonchev–Trinajstić information content (AvgIpc) is 3.27. The van der Waals surface area contributed by atoms with Crippen molar-refractivity contribution in [1.82, 2.24) is 0 Å². The van der Waals surface area contributed by atoms with Crippen molar-refractivity contribution < 1.29 is 14.6 Å². The van der Waals surface area contributed by atoms with Crippen LogP contribution in [0.1, 0.15) is 85.5 Å². The van der Waals surface area contributed by atoms with Gasteiger partial charge < -0.3 is 14.6 Å². The fourth-order valence-corrected chi connectivity index (χ4v) is 8.18. The molecule has 0 heterocycles. The Bertz CT molecular complexity index is 779. The fraction of sp³-hybridized carbons (Fsp3) is 0.800. The van der Waals surface area contributed by atoms with Crippen LogP contribution in [0.5, 0.6) is 0 Å². The van der Waals surface area contributed by atoms with Crippen molar-refractivity contribution in [1.29, 1.82) is 0 Å². The van der Waals surface area contributed by atoms with Gasteiger partial charge in [-0.1, -0.05) is 49.8 Å². The highest BCUT2D eigenvalue weighted by atomic mass is 16.7. The fourth-order valence-electron chi connectivity index (χ4n) is 8.18. The third kappa shape index (κ3) is 4.67. The summed E-state index contributed by atoms with van der Waals surface area (Å²) < 4.78 is 10.9. The molecule has 0 aliphatic heterocycles. The summed E-state index contributed by atoms with van der Waals surface area (Å²) >= 11 is 0. The number of hydrogen-bond donors (Lipinski definition) is 1. The molecule has 0 radical (unpaired) electrons. The van der Waals surface area contributed by atoms with Crippen LogP contribution in [0.2, 0.25) is 0 Å². The number of aliphatic hydroxyl groups is 1. The Morgan fingerprint density at radius 1 is 1.24 bits per heavy atom. The van der Waals surface area contributed by atoms with E-state index >= 15 is 0 Å². The Morgan fingerprint density at radius 2 is 2.03 bits per heavy atom. The first kappa shape index (κ1) is 25.2. The van der Waals surface area contributed by atoms with Gasteiger partial charge in [0.2, 0.25) is 0 Å². The monoisotopic (exact) mass is 456 g/mol. The lowest BCUT2D eigenvalue weighted by atomic mass is 9.60. The van der Waals surface area contributed by atoms with E-state index in [1.54, 1.807) is 12.7 Å². The van der Waals surface area contributed by atoms with Gasteiger partial charge in [-0.3, -0.25) is 0 Å². The molecule has 4 aliphatic carbocycles. The van der Waals surface area contributed by atoms with Crippen molar-refractivity contribution in [3.05, 3.63) is 36.0 Å². The Hall–Kier alpha value is -0.900. The van der Waals surface area contributed by atoms with E-state index in [0.29, 0.717) is 30.0 Å². The second kappa shape index (κ2) is 9.63. The van der Waals surface area contributed by atoms with Gasteiger partial charge in [0, 0.05) is 18.4 Å². The summed E-state index contributed by atoms with van der Waals surface area (Å²) in [6.07, 6.45) is 18.4. The maximum absolute atomic E-state index is 10.4. The maximum atomic E-state index is 10.4. The molecule has 0 aromatic carbocycles. The molecule has 1 N–H and O–H groups in total. The molecule has 0 unspecified atom stereocenters. The molecule has 0 aromatic heterocycles. The van der Waals surface area contributed by atoms with Gasteiger partial charge in [-0.2, -0.15) is 0 Å². The molecule has 4 fully saturated rings. The molecular weight excluding hydrogens is 408 g/mol. The first-order valence-corrected chi connectivity index (χ1v) is 13.5. The minimum absolute atomic E-state index is 0.196. The Morgan fingerprint density at radius 3 is 2.67 bits per heavy atom. The molecule has 4 aliphatic rings. The standard InChI is InChI=1S/C30H48O3/c1-21(9-7-15-28(3,4)33-20-32-6)26-13-14-27-23(10-8-16-29(26,27)5)17-25(19-31)30-18-24(30)12-11-22(30)2/h7,9,17,21,24-27,31H,2,8,10-16,18-20H2,1,3-6H3/t21-,24-,25+,26-,27+,29-,30+/m1/s1. The van der Waals surface area contributed by atoms with Crippen molar-refractivity contribution in [2.45, 2.75) is 91.1 Å². The third-order valence-electron chi connectivity index (χ3n) is 10.2. The van der Waals surface area contributed by atoms with Gasteiger partial charge in [-0.15, -0.1) is 0 Å². The van der Waals surface area contributed by atoms with E-state index in [4.69, 9.17) is 9.47 Å². The summed E-state index contributed by atoms with van der Waals surface area (Å²) in [5.74, 6) is 3.07. The summed E-state index contributed by atoms with van der Waals surface area (Å²) in [6.45, 7) is 14.3. The minimum atomic E-state index is -0.196. The minimum Gasteiger partial charge on any atom is -0.396 e. The maximum Gasteiger partial charge on any atom is 0.147 e. The molecule has 3 nitrogen and oxygen atoms in total. The SMILES string of the molecule is C=C1CC[C@@H]2C[C@]12[C@@H](C=C1CCC[C@]2(C)[C@@H]([C@H](C)C=CCC(C)(C)OCOC)CC[C@@H]12)CO. The topological polar surface area (TPSA) is 38.7 Å². The highest BCUT2D eigenvalue weighted by Gasteiger charge is 2.62. The van der Waals surface area contributed by atoms with Crippen LogP contribution < -0.4 is 0 Å². The van der Waals surface area contributed by atoms with Crippen LogP contribution in [0.4, 0.5) is 0 Å². The molecule has 0 bridgehead atoms. The molecule has 33 heavy (non-hydrogen) atoms. The zero-order valence-corrected chi connectivity index (χ0v) is 21.9. The second-order valence-corrected chi connectivity index (χ2v) is 12.5. The summed E-state index contributed by atoms with van der Waals surface area (Å²) in [5, 5.41) is 10.4. The Kier molecular flexibility index (Phi) is 7.35. The first-order valence-electron chi connectivity index (χ1n) is 13.5. The summed E-state index contributed by atoms with van der Waals surface area (Å²) in [4.78, 5) is 0. The first-order chi connectivity index (χ1) is 15.7. The second-order valence-electron chi connectivity index (χ2n) is 12.5. The smallest absolute Gasteiger partial charge is 0.147 e. The zero-order chi connectivity index (χ0) is 23.9. The lowest BCUT2D eigenvalue weighted by Crippen LogP contribution is -2.36. The summed E-state index contributed by atoms with van der Waals surface area (Å²) in [6, 6.07) is 0. The van der Waals surface area contributed by atoms with Gasteiger partial charge in [0.05, 0.1) is 12.2 Å². The average molecular weight is 457 g/mol. The van der Waals surface area contributed by atoms with Crippen LogP contribution in [0.3, 0.4) is 0 Å². The number of hydrogen-bond acceptors (Lipinski definition) is 3. The summed E-state index contributed by atoms with van der Waals surface area (Å²) in [7, 11) is 1.67. The lowest BCUT2D eigenvalue weighted by molar-refractivity contribution is -0.112. The van der Waals surface area contributed by atoms with E-state index < -0.39 is 0 Å². The van der Waals surface area contributed by atoms with Crippen molar-refractivity contribution >= 4 is 0 Å². The van der Waals surface area contributed by atoms with Gasteiger partial charge in [-0.05, 0) is 101 Å². The molecule has 186 valence electrons. The zero-order valence-electron chi connectivity index (χ0n) is 21.9. The lowest BCUT2D eigenvalue weighted by Gasteiger charge is -2.44. The van der Waals surface area contributed by atoms with Gasteiger partial charge in [0.1, 0.15) is 6.79 Å². The van der Waals surface area contributed by atoms with Crippen LogP contribution in [0, 0.1) is 40.4 Å². The molecule has 0 spiro atoms. The number of allylic oxidation sites excluding steroid dienone is 3. The molecule has 4 rings (SSSR count). The van der Waals surface area contributed by atoms with Crippen LogP contribution in [-0.4, -0.2) is 31.2 Å². The normalized spacial score (nSPS) is 39.2. The van der Waals surface area contributed by atoms with Crippen molar-refractivity contribution in [3.63, 3.8) is 0 Å². The highest BCUT2D eigenvalue weighted by Crippen LogP contribution is 2.70. The van der Waals surface area contributed by atoms with Crippen molar-refractivity contribution in [2.75, 3.05) is 20.5 Å². The van der Waals surface area contributed by atoms with Gasteiger partial charge >= 0.3 is 0 Å². The summed E-state index contributed by atoms with van der Waals surface area (Å²) in [5.41, 5.74) is 3.50. The quantitative estimate of drug-likeness (QED) is 0.282. The van der Waals surface area contributed by atoms with Crippen LogP contribution in [-0.2, 0) is 9.47 Å². The highest BCUT2D eigenvalue weighted by molar-refractivity contribution is 5.34. The van der Waals surface area contributed by atoms with E-state index in [0.717, 1.165) is 18.3 Å². The Balaban J connectivity index is 1.45. The predicted octanol–water partition coefficient (Wildman–Crippen LogP) is 7.08. The molecule has 0 amide bonds. The molecule has 0 saturated heterocycles. The van der Waals surface area contributed by atoms with Crippen LogP contribution in [0.15, 0.2) is 36.0 Å². The van der Waals surface area contributed by atoms with E-state index in [2.05, 4.69) is 52.5 Å². The molecule has 4 saturated carbocycles.